The van der Waals surface area contributed by atoms with Crippen LogP contribution in [0.2, 0.25) is 0 Å². The Morgan fingerprint density at radius 1 is 1.44 bits per heavy atom. The Morgan fingerprint density at radius 3 is 1.78 bits per heavy atom. The third kappa shape index (κ3) is 17.8. The van der Waals surface area contributed by atoms with E-state index < -0.39 is 0 Å². The molecule has 0 atom stereocenters. The van der Waals surface area contributed by atoms with Crippen LogP contribution in [0, 0.1) is 0 Å². The average molecular weight is 197 g/mol. The molecule has 0 aromatic carbocycles. The lowest BCUT2D eigenvalue weighted by atomic mass is 10.5. The van der Waals surface area contributed by atoms with Crippen LogP contribution < -0.4 is 11.3 Å². The van der Waals surface area contributed by atoms with Gasteiger partial charge >= 0.3 is 0 Å². The molecule has 0 saturated heterocycles. The summed E-state index contributed by atoms with van der Waals surface area (Å²) >= 11 is 0. The molecule has 0 aliphatic carbocycles. The second-order valence-corrected chi connectivity index (χ2v) is 0.921. The molecule has 9 heavy (non-hydrogen) atoms. The first-order chi connectivity index (χ1) is 2.81. The molecule has 0 heterocycles. The predicted molar refractivity (Wildman–Crippen MR) is 44.4 cm³/mol. The lowest BCUT2D eigenvalue weighted by Crippen LogP contribution is -2.28. The smallest absolute Gasteiger partial charge is 0.233 e. The number of carbonyl (C=O) groups is 1. The van der Waals surface area contributed by atoms with Crippen molar-refractivity contribution in [3.63, 3.8) is 0 Å². The van der Waals surface area contributed by atoms with Gasteiger partial charge in [0.2, 0.25) is 5.91 Å². The van der Waals surface area contributed by atoms with Gasteiger partial charge in [-0.2, -0.15) is 0 Å². The Hall–Kier alpha value is 0.300. The second-order valence-electron chi connectivity index (χ2n) is 0.921. The van der Waals surface area contributed by atoms with Crippen LogP contribution in [0.1, 0.15) is 13.3 Å². The molecule has 0 aromatic rings. The van der Waals surface area contributed by atoms with Crippen LogP contribution in [0.4, 0.5) is 0 Å². The van der Waals surface area contributed by atoms with Crippen LogP contribution in [0.3, 0.4) is 0 Å². The Morgan fingerprint density at radius 2 is 1.78 bits per heavy atom. The van der Waals surface area contributed by atoms with Gasteiger partial charge in [0, 0.05) is 6.42 Å². The number of nitrogens with one attached hydrogen (secondary N) is 1. The first kappa shape index (κ1) is 22.8. The van der Waals surface area contributed by atoms with Gasteiger partial charge in [-0.15, -0.1) is 37.2 Å². The van der Waals surface area contributed by atoms with E-state index in [1.54, 1.807) is 6.92 Å². The average Bonchev–Trinajstić information content (AvgIpc) is 1.65. The molecule has 0 saturated carbocycles. The fourth-order valence-electron chi connectivity index (χ4n) is 0.102. The number of amides is 1. The van der Waals surface area contributed by atoms with Crippen LogP contribution in [-0.2, 0) is 4.79 Å². The molecule has 0 bridgehead atoms. The van der Waals surface area contributed by atoms with Gasteiger partial charge < -0.3 is 0 Å². The van der Waals surface area contributed by atoms with Crippen molar-refractivity contribution in [1.29, 1.82) is 0 Å². The zero-order valence-electron chi connectivity index (χ0n) is 4.92. The van der Waals surface area contributed by atoms with Crippen LogP contribution in [0.25, 0.3) is 0 Å². The molecule has 0 aliphatic rings. The van der Waals surface area contributed by atoms with E-state index in [1.807, 2.05) is 5.43 Å². The van der Waals surface area contributed by atoms with Crippen molar-refractivity contribution >= 4 is 43.1 Å². The minimum Gasteiger partial charge on any atom is -0.294 e. The molecule has 1 amide bonds. The molecular formula is C3H11Cl3N2O. The van der Waals surface area contributed by atoms with Gasteiger partial charge in [-0.3, -0.25) is 10.2 Å². The van der Waals surface area contributed by atoms with Gasteiger partial charge in [0.25, 0.3) is 0 Å². The first-order valence-corrected chi connectivity index (χ1v) is 1.80. The molecule has 0 aliphatic heterocycles. The van der Waals surface area contributed by atoms with E-state index in [0.717, 1.165) is 0 Å². The van der Waals surface area contributed by atoms with Crippen LogP contribution in [-0.4, -0.2) is 5.91 Å². The Bertz CT molecular complexity index is 55.0. The van der Waals surface area contributed by atoms with Crippen molar-refractivity contribution in [3.05, 3.63) is 0 Å². The summed E-state index contributed by atoms with van der Waals surface area (Å²) in [5.74, 6) is 4.55. The molecule has 3 nitrogen and oxygen atoms in total. The lowest BCUT2D eigenvalue weighted by molar-refractivity contribution is -0.120. The van der Waals surface area contributed by atoms with Crippen LogP contribution in [0.15, 0.2) is 0 Å². The summed E-state index contributed by atoms with van der Waals surface area (Å²) in [4.78, 5) is 9.94. The maximum absolute atomic E-state index is 9.94. The normalized spacial score (nSPS) is 5.11. The number of halogens is 3. The standard InChI is InChI=1S/C3H8N2O.3ClH/c1-2-3(6)5-4;;;/h2,4H2,1H3,(H,5,6);3*1H. The van der Waals surface area contributed by atoms with Crippen LogP contribution in [0.5, 0.6) is 0 Å². The molecule has 3 N–H and O–H groups in total. The topological polar surface area (TPSA) is 55.1 Å². The Balaban J connectivity index is -0.0000000417. The van der Waals surface area contributed by atoms with E-state index in [9.17, 15) is 4.79 Å². The third-order valence-electron chi connectivity index (χ3n) is 0.482. The fraction of sp³-hybridized carbons (Fsp3) is 0.667. The lowest BCUT2D eigenvalue weighted by Gasteiger charge is -1.87. The molecule has 0 aromatic heterocycles. The zero-order chi connectivity index (χ0) is 4.99. The molecule has 6 heteroatoms. The number of carbonyl (C=O) groups excluding carboxylic acids is 1. The van der Waals surface area contributed by atoms with E-state index in [1.165, 1.54) is 0 Å². The van der Waals surface area contributed by atoms with Crippen molar-refractivity contribution in [2.75, 3.05) is 0 Å². The third-order valence-corrected chi connectivity index (χ3v) is 0.482. The van der Waals surface area contributed by atoms with Crippen molar-refractivity contribution in [3.8, 4) is 0 Å². The van der Waals surface area contributed by atoms with Gasteiger partial charge in [-0.25, -0.2) is 5.84 Å². The zero-order valence-corrected chi connectivity index (χ0v) is 7.37. The molecule has 0 fully saturated rings. The highest BCUT2D eigenvalue weighted by Crippen LogP contribution is 1.66. The molecule has 0 rings (SSSR count). The quantitative estimate of drug-likeness (QED) is 0.368. The minimum atomic E-state index is -0.130. The number of hydrogen-bond acceptors (Lipinski definition) is 2. The monoisotopic (exact) mass is 196 g/mol. The van der Waals surface area contributed by atoms with E-state index in [-0.39, 0.29) is 43.1 Å². The number of hydrazine groups is 1. The van der Waals surface area contributed by atoms with Crippen molar-refractivity contribution in [2.45, 2.75) is 13.3 Å². The fourth-order valence-corrected chi connectivity index (χ4v) is 0.102. The Kier molecular flexibility index (Phi) is 39.9. The van der Waals surface area contributed by atoms with Crippen molar-refractivity contribution in [1.82, 2.24) is 5.43 Å². The van der Waals surface area contributed by atoms with E-state index in [4.69, 9.17) is 0 Å². The summed E-state index contributed by atoms with van der Waals surface area (Å²) < 4.78 is 0. The summed E-state index contributed by atoms with van der Waals surface area (Å²) in [6.07, 6.45) is 0.455. The van der Waals surface area contributed by atoms with Crippen LogP contribution >= 0.6 is 37.2 Å². The van der Waals surface area contributed by atoms with Gasteiger partial charge in [0.05, 0.1) is 0 Å². The summed E-state index contributed by atoms with van der Waals surface area (Å²) in [7, 11) is 0. The first-order valence-electron chi connectivity index (χ1n) is 1.80. The van der Waals surface area contributed by atoms with Gasteiger partial charge in [0.15, 0.2) is 0 Å². The van der Waals surface area contributed by atoms with E-state index in [0.29, 0.717) is 6.42 Å². The van der Waals surface area contributed by atoms with Gasteiger partial charge in [-0.1, -0.05) is 6.92 Å². The maximum atomic E-state index is 9.94. The highest BCUT2D eigenvalue weighted by atomic mass is 35.5. The second kappa shape index (κ2) is 15.7. The number of hydrogen-bond donors (Lipinski definition) is 2. The molecule has 0 spiro atoms. The van der Waals surface area contributed by atoms with Gasteiger partial charge in [0.1, 0.15) is 0 Å². The summed E-state index contributed by atoms with van der Waals surface area (Å²) in [6, 6.07) is 0. The number of rotatable bonds is 1. The maximum Gasteiger partial charge on any atom is 0.233 e. The predicted octanol–water partition coefficient (Wildman–Crippen LogP) is 0.652. The van der Waals surface area contributed by atoms with Gasteiger partial charge in [-0.05, 0) is 0 Å². The van der Waals surface area contributed by atoms with E-state index >= 15 is 0 Å². The SMILES string of the molecule is CCC(=O)NN.Cl.Cl.Cl. The largest absolute Gasteiger partial charge is 0.294 e. The van der Waals surface area contributed by atoms with Crippen molar-refractivity contribution in [2.24, 2.45) is 5.84 Å². The Labute approximate surface area is 72.9 Å². The molecular weight excluding hydrogens is 186 g/mol. The molecule has 0 radical (unpaired) electrons. The van der Waals surface area contributed by atoms with E-state index in [2.05, 4.69) is 5.84 Å². The molecule has 60 valence electrons. The highest BCUT2D eigenvalue weighted by Gasteiger charge is 1.85. The summed E-state index contributed by atoms with van der Waals surface area (Å²) in [5.41, 5.74) is 1.98. The molecule has 0 unspecified atom stereocenters. The summed E-state index contributed by atoms with van der Waals surface area (Å²) in [5, 5.41) is 0. The summed E-state index contributed by atoms with van der Waals surface area (Å²) in [6.45, 7) is 1.74. The minimum absolute atomic E-state index is 0. The van der Waals surface area contributed by atoms with Crippen molar-refractivity contribution < 1.29 is 4.79 Å². The highest BCUT2D eigenvalue weighted by molar-refractivity contribution is 5.86. The number of nitrogens with two attached hydrogens (primary N) is 1.